The van der Waals surface area contributed by atoms with Crippen LogP contribution in [-0.2, 0) is 22.1 Å². The van der Waals surface area contributed by atoms with Gasteiger partial charge in [-0.25, -0.2) is 14.8 Å². The molecule has 5 saturated carbocycles. The summed E-state index contributed by atoms with van der Waals surface area (Å²) in [5.74, 6) is -10.7. The number of rotatable bonds is 9. The minimum absolute atomic E-state index is 0.199. The van der Waals surface area contributed by atoms with E-state index in [-0.39, 0.29) is 25.7 Å². The highest BCUT2D eigenvalue weighted by Crippen LogP contribution is 2.59. The molecule has 2 aromatic rings. The minimum atomic E-state index is -4.29. The summed E-state index contributed by atoms with van der Waals surface area (Å²) in [5, 5.41) is 13.2. The summed E-state index contributed by atoms with van der Waals surface area (Å²) in [6, 6.07) is 5.22. The van der Waals surface area contributed by atoms with E-state index in [9.17, 15) is 27.9 Å². The maximum absolute atomic E-state index is 15.7. The number of nitrogens with zero attached hydrogens (tertiary/aromatic N) is 4. The van der Waals surface area contributed by atoms with Gasteiger partial charge < -0.3 is 20.1 Å². The van der Waals surface area contributed by atoms with Crippen molar-refractivity contribution in [2.24, 2.45) is 23.7 Å². The number of aliphatic carboxylic acids is 1. The number of alkyl halides is 7. The number of piperidine rings is 1. The smallest absolute Gasteiger partial charge is 0.401 e. The molecule has 0 atom stereocenters. The van der Waals surface area contributed by atoms with Crippen molar-refractivity contribution >= 4 is 23.5 Å². The molecule has 2 N–H and O–H groups in total. The largest absolute Gasteiger partial charge is 0.490 e. The van der Waals surface area contributed by atoms with Crippen molar-refractivity contribution in [3.63, 3.8) is 0 Å². The van der Waals surface area contributed by atoms with Crippen molar-refractivity contribution < 1.29 is 50.2 Å². The molecule has 1 amide bonds. The fourth-order valence-corrected chi connectivity index (χ4v) is 11.4. The molecule has 0 unspecified atom stereocenters. The predicted molar refractivity (Wildman–Crippen MR) is 190 cm³/mol. The topological polar surface area (TPSA) is 108 Å². The first kappa shape index (κ1) is 39.2. The van der Waals surface area contributed by atoms with Gasteiger partial charge in [-0.1, -0.05) is 19.3 Å². The normalized spacial score (nSPS) is 29.1. The number of likely N-dealkylation sites (tertiary alicyclic amines) is 1. The Morgan fingerprint density at radius 3 is 1.96 bits per heavy atom. The Kier molecular flexibility index (Phi) is 9.59. The second kappa shape index (κ2) is 13.7. The molecule has 7 aliphatic rings. The summed E-state index contributed by atoms with van der Waals surface area (Å²) in [5.41, 5.74) is -4.49. The van der Waals surface area contributed by atoms with Crippen molar-refractivity contribution in [2.75, 3.05) is 31.1 Å². The highest BCUT2D eigenvalue weighted by molar-refractivity contribution is 6.00. The standard InChI is InChI=1S/C40H48F7N5O4/c1-36(41,42)31-30(33(53)50-40(34(54)55)24-15-22-14-23(17-24)18-25(40)16-22)32(37(2,43)44)49-35(48-31)52-20-38(10-4-3-5-11-38)28-19-27(6-7-29(28)52)56-26-8-12-51(13-9-26)21-39(45,46)47/h6-7,19,22-26H,3-5,8-18,20-21H2,1-2H3,(H,50,53)(H,54,55). The van der Waals surface area contributed by atoms with Crippen LogP contribution >= 0.6 is 0 Å². The van der Waals surface area contributed by atoms with Crippen molar-refractivity contribution in [3.8, 4) is 5.75 Å². The summed E-state index contributed by atoms with van der Waals surface area (Å²) in [4.78, 5) is 38.6. The average Bonchev–Trinajstić information content (AvgIpc) is 3.41. The van der Waals surface area contributed by atoms with Crippen LogP contribution in [0.2, 0.25) is 0 Å². The maximum Gasteiger partial charge on any atom is 0.401 e. The maximum atomic E-state index is 15.7. The number of anilines is 2. The number of nitrogens with one attached hydrogen (secondary N) is 1. The fraction of sp³-hybridized carbons (Fsp3) is 0.700. The zero-order valence-corrected chi connectivity index (χ0v) is 31.5. The Labute approximate surface area is 320 Å². The van der Waals surface area contributed by atoms with Gasteiger partial charge in [0.15, 0.2) is 0 Å². The number of ether oxygens (including phenoxy) is 1. The van der Waals surface area contributed by atoms with E-state index in [1.807, 2.05) is 6.07 Å². The van der Waals surface area contributed by atoms with E-state index >= 15 is 17.6 Å². The molecule has 1 aromatic heterocycles. The number of hydrogen-bond donors (Lipinski definition) is 2. The van der Waals surface area contributed by atoms with E-state index in [0.717, 1.165) is 31.2 Å². The summed E-state index contributed by atoms with van der Waals surface area (Å²) in [6.07, 6.45) is 3.49. The lowest BCUT2D eigenvalue weighted by Crippen LogP contribution is -2.70. The molecule has 56 heavy (non-hydrogen) atoms. The van der Waals surface area contributed by atoms with E-state index in [1.165, 1.54) is 4.90 Å². The summed E-state index contributed by atoms with van der Waals surface area (Å²) in [7, 11) is 0. The number of halogens is 7. The van der Waals surface area contributed by atoms with Crippen LogP contribution in [0.3, 0.4) is 0 Å². The molecule has 16 heteroatoms. The van der Waals surface area contributed by atoms with E-state index in [2.05, 4.69) is 15.3 Å². The Morgan fingerprint density at radius 2 is 1.45 bits per heavy atom. The first-order chi connectivity index (χ1) is 26.3. The average molecular weight is 796 g/mol. The molecule has 9 nitrogen and oxygen atoms in total. The molecule has 306 valence electrons. The molecule has 2 aliphatic heterocycles. The molecular weight excluding hydrogens is 747 g/mol. The number of carbonyl (C=O) groups is 2. The lowest BCUT2D eigenvalue weighted by molar-refractivity contribution is -0.163. The second-order valence-electron chi connectivity index (χ2n) is 17.6. The Bertz CT molecular complexity index is 1800. The molecule has 3 heterocycles. The molecule has 1 spiro atoms. The molecule has 9 rings (SSSR count). The summed E-state index contributed by atoms with van der Waals surface area (Å²) >= 11 is 0. The minimum Gasteiger partial charge on any atom is -0.490 e. The van der Waals surface area contributed by atoms with E-state index < -0.39 is 82.1 Å². The van der Waals surface area contributed by atoms with Crippen molar-refractivity contribution in [2.45, 2.75) is 126 Å². The van der Waals surface area contributed by atoms with Gasteiger partial charge in [-0.3, -0.25) is 9.69 Å². The number of fused-ring (bicyclic) bond motifs is 2. The molecule has 1 saturated heterocycles. The number of carbonyl (C=O) groups excluding carboxylic acids is 1. The van der Waals surface area contributed by atoms with Crippen LogP contribution < -0.4 is 15.0 Å². The predicted octanol–water partition coefficient (Wildman–Crippen LogP) is 8.47. The zero-order chi connectivity index (χ0) is 40.0. The van der Waals surface area contributed by atoms with Gasteiger partial charge in [-0.2, -0.15) is 30.7 Å². The van der Waals surface area contributed by atoms with Crippen LogP contribution in [0.5, 0.6) is 5.75 Å². The summed E-state index contributed by atoms with van der Waals surface area (Å²) in [6.45, 7) is 0.623. The second-order valence-corrected chi connectivity index (χ2v) is 17.6. The van der Waals surface area contributed by atoms with Gasteiger partial charge >= 0.3 is 12.1 Å². The number of carboxylic acid groups (broad SMARTS) is 1. The SMILES string of the molecule is CC(F)(F)c1nc(N2CC3(CCCCC3)c3cc(OC4CCN(CC(F)(F)F)CC4)ccc32)nc(C(C)(F)F)c1C(=O)NC1(C(=O)O)C2CC3CC(C2)CC1C3. The molecule has 4 bridgehead atoms. The molecule has 6 fully saturated rings. The first-order valence-electron chi connectivity index (χ1n) is 19.9. The van der Waals surface area contributed by atoms with Crippen molar-refractivity contribution in [1.29, 1.82) is 0 Å². The van der Waals surface area contributed by atoms with Gasteiger partial charge in [-0.15, -0.1) is 0 Å². The fourth-order valence-electron chi connectivity index (χ4n) is 11.4. The van der Waals surface area contributed by atoms with Gasteiger partial charge in [0, 0.05) is 44.6 Å². The Morgan fingerprint density at radius 1 is 0.875 bits per heavy atom. The van der Waals surface area contributed by atoms with Crippen LogP contribution in [0.15, 0.2) is 18.2 Å². The highest BCUT2D eigenvalue weighted by Gasteiger charge is 2.62. The third kappa shape index (κ3) is 6.99. The van der Waals surface area contributed by atoms with Crippen LogP contribution in [-0.4, -0.2) is 75.8 Å². The quantitative estimate of drug-likeness (QED) is 0.244. The third-order valence-electron chi connectivity index (χ3n) is 13.6. The Balaban J connectivity index is 1.14. The van der Waals surface area contributed by atoms with Crippen LogP contribution in [0, 0.1) is 23.7 Å². The van der Waals surface area contributed by atoms with Crippen LogP contribution in [0.4, 0.5) is 42.4 Å². The lowest BCUT2D eigenvalue weighted by atomic mass is 9.48. The number of carboxylic acids is 1. The van der Waals surface area contributed by atoms with E-state index in [1.54, 1.807) is 17.0 Å². The van der Waals surface area contributed by atoms with Crippen LogP contribution in [0.1, 0.15) is 118 Å². The van der Waals surface area contributed by atoms with Gasteiger partial charge in [0.2, 0.25) is 5.95 Å². The van der Waals surface area contributed by atoms with Crippen molar-refractivity contribution in [3.05, 3.63) is 40.7 Å². The van der Waals surface area contributed by atoms with E-state index in [4.69, 9.17) is 4.74 Å². The number of amides is 1. The number of aromatic nitrogens is 2. The van der Waals surface area contributed by atoms with Gasteiger partial charge in [-0.05, 0) is 105 Å². The van der Waals surface area contributed by atoms with Gasteiger partial charge in [0.25, 0.3) is 17.8 Å². The molecule has 1 aromatic carbocycles. The highest BCUT2D eigenvalue weighted by atomic mass is 19.4. The molecular formula is C40H48F7N5O4. The van der Waals surface area contributed by atoms with Crippen molar-refractivity contribution in [1.82, 2.24) is 20.2 Å². The van der Waals surface area contributed by atoms with E-state index in [0.29, 0.717) is 88.5 Å². The van der Waals surface area contributed by atoms with Crippen LogP contribution in [0.25, 0.3) is 0 Å². The number of hydrogen-bond acceptors (Lipinski definition) is 7. The summed E-state index contributed by atoms with van der Waals surface area (Å²) < 4.78 is 108. The lowest BCUT2D eigenvalue weighted by Gasteiger charge is -2.59. The number of benzene rings is 1. The Hall–Kier alpha value is -3.69. The van der Waals surface area contributed by atoms with Gasteiger partial charge in [0.1, 0.15) is 28.8 Å². The van der Waals surface area contributed by atoms with Gasteiger partial charge in [0.05, 0.1) is 12.1 Å². The first-order valence-corrected chi connectivity index (χ1v) is 19.9. The third-order valence-corrected chi connectivity index (χ3v) is 13.6. The monoisotopic (exact) mass is 795 g/mol. The molecule has 5 aliphatic carbocycles. The molecule has 0 radical (unpaired) electrons. The zero-order valence-electron chi connectivity index (χ0n) is 31.5.